The second kappa shape index (κ2) is 10.6. The largest absolute Gasteiger partial charge is 0.377 e. The molecule has 6 heteroatoms. The molecule has 2 aromatic rings. The molecule has 6 nitrogen and oxygen atoms in total. The zero-order chi connectivity index (χ0) is 21.4. The number of guanidine groups is 1. The molecule has 30 heavy (non-hydrogen) atoms. The van der Waals surface area contributed by atoms with Crippen molar-refractivity contribution in [1.82, 2.24) is 20.4 Å². The number of aliphatic imine (C=N–C) groups is 1. The molecule has 0 saturated carbocycles. The Bertz CT molecular complexity index is 793. The molecule has 2 N–H and O–H groups in total. The van der Waals surface area contributed by atoms with Crippen LogP contribution in [-0.2, 0) is 11.2 Å². The minimum absolute atomic E-state index is 0.144. The van der Waals surface area contributed by atoms with Crippen LogP contribution in [-0.4, -0.2) is 48.1 Å². The Morgan fingerprint density at radius 1 is 1.23 bits per heavy atom. The molecule has 0 spiro atoms. The van der Waals surface area contributed by atoms with Crippen LogP contribution in [0.1, 0.15) is 46.1 Å². The highest BCUT2D eigenvalue weighted by atomic mass is 16.5. The fourth-order valence-electron chi connectivity index (χ4n) is 4.07. The molecule has 0 aliphatic carbocycles. The number of hydrogen-bond donors (Lipinski definition) is 2. The fraction of sp³-hybridized carbons (Fsp3) is 0.583. The van der Waals surface area contributed by atoms with Crippen LogP contribution in [0.4, 0.5) is 0 Å². The molecule has 2 atom stereocenters. The fourth-order valence-corrected chi connectivity index (χ4v) is 4.07. The van der Waals surface area contributed by atoms with Crippen molar-refractivity contribution < 1.29 is 4.74 Å². The predicted molar refractivity (Wildman–Crippen MR) is 123 cm³/mol. The van der Waals surface area contributed by atoms with Crippen molar-refractivity contribution in [3.8, 4) is 5.69 Å². The lowest BCUT2D eigenvalue weighted by molar-refractivity contribution is -0.0823. The van der Waals surface area contributed by atoms with Gasteiger partial charge in [0.05, 0.1) is 18.0 Å². The van der Waals surface area contributed by atoms with E-state index in [1.807, 2.05) is 29.1 Å². The van der Waals surface area contributed by atoms with Crippen molar-refractivity contribution in [3.63, 3.8) is 0 Å². The Balaban J connectivity index is 1.53. The number of nitrogens with one attached hydrogen (secondary N) is 2. The third kappa shape index (κ3) is 6.33. The summed E-state index contributed by atoms with van der Waals surface area (Å²) in [5.74, 6) is 1.35. The van der Waals surface area contributed by atoms with Crippen molar-refractivity contribution in [2.24, 2.45) is 16.3 Å². The molecule has 1 aromatic carbocycles. The van der Waals surface area contributed by atoms with Gasteiger partial charge in [0.15, 0.2) is 5.96 Å². The van der Waals surface area contributed by atoms with E-state index in [1.165, 1.54) is 12.0 Å². The number of aromatic nitrogens is 2. The Morgan fingerprint density at radius 2 is 2.03 bits per heavy atom. The van der Waals surface area contributed by atoms with Gasteiger partial charge in [-0.1, -0.05) is 39.0 Å². The van der Waals surface area contributed by atoms with Crippen molar-refractivity contribution in [1.29, 1.82) is 0 Å². The minimum atomic E-state index is 0.144. The summed E-state index contributed by atoms with van der Waals surface area (Å²) >= 11 is 0. The van der Waals surface area contributed by atoms with Gasteiger partial charge in [-0.15, -0.1) is 0 Å². The first-order valence-electron chi connectivity index (χ1n) is 11.2. The van der Waals surface area contributed by atoms with Crippen LogP contribution in [0.25, 0.3) is 5.69 Å². The monoisotopic (exact) mass is 411 g/mol. The molecular formula is C24H37N5O. The molecule has 3 rings (SSSR count). The zero-order valence-electron chi connectivity index (χ0n) is 18.9. The highest BCUT2D eigenvalue weighted by molar-refractivity contribution is 5.79. The molecule has 164 valence electrons. The molecule has 1 aliphatic rings. The standard InChI is InChI=1S/C24H37N5O/c1-5-25-23(27-17-20-10-9-15-30-22(20)24(2,3)4)26-14-13-19-16-28-29(18-19)21-11-7-6-8-12-21/h6-8,11-12,16,18,20,22H,5,9-10,13-15,17H2,1-4H3,(H2,25,26,27). The van der Waals surface area contributed by atoms with E-state index in [-0.39, 0.29) is 11.5 Å². The first kappa shape index (κ1) is 22.3. The number of nitrogens with zero attached hydrogens (tertiary/aromatic N) is 3. The van der Waals surface area contributed by atoms with Crippen LogP contribution >= 0.6 is 0 Å². The summed E-state index contributed by atoms with van der Waals surface area (Å²) in [6.45, 7) is 12.2. The van der Waals surface area contributed by atoms with E-state index in [0.29, 0.717) is 5.92 Å². The molecule has 1 saturated heterocycles. The molecule has 0 radical (unpaired) electrons. The number of para-hydroxylation sites is 1. The van der Waals surface area contributed by atoms with E-state index in [1.54, 1.807) is 0 Å². The smallest absolute Gasteiger partial charge is 0.191 e. The maximum absolute atomic E-state index is 6.11. The first-order chi connectivity index (χ1) is 14.5. The maximum atomic E-state index is 6.11. The van der Waals surface area contributed by atoms with Crippen LogP contribution in [0, 0.1) is 11.3 Å². The van der Waals surface area contributed by atoms with Crippen molar-refractivity contribution in [2.75, 3.05) is 26.2 Å². The van der Waals surface area contributed by atoms with Crippen LogP contribution in [0.5, 0.6) is 0 Å². The van der Waals surface area contributed by atoms with Gasteiger partial charge in [0.1, 0.15) is 0 Å². The minimum Gasteiger partial charge on any atom is -0.377 e. The molecule has 2 heterocycles. The van der Waals surface area contributed by atoms with Crippen molar-refractivity contribution in [3.05, 3.63) is 48.3 Å². The Labute approximate surface area is 181 Å². The molecule has 1 aromatic heterocycles. The van der Waals surface area contributed by atoms with Gasteiger partial charge in [0.2, 0.25) is 0 Å². The van der Waals surface area contributed by atoms with Gasteiger partial charge in [-0.3, -0.25) is 4.99 Å². The molecular weight excluding hydrogens is 374 g/mol. The average molecular weight is 412 g/mol. The third-order valence-electron chi connectivity index (χ3n) is 5.49. The molecule has 1 aliphatic heterocycles. The summed E-state index contributed by atoms with van der Waals surface area (Å²) in [5, 5.41) is 11.3. The summed E-state index contributed by atoms with van der Waals surface area (Å²) in [5.41, 5.74) is 2.43. The van der Waals surface area contributed by atoms with E-state index in [9.17, 15) is 0 Å². The summed E-state index contributed by atoms with van der Waals surface area (Å²) in [4.78, 5) is 4.88. The summed E-state index contributed by atoms with van der Waals surface area (Å²) in [6.07, 6.45) is 7.50. The first-order valence-corrected chi connectivity index (χ1v) is 11.2. The number of benzene rings is 1. The molecule has 0 bridgehead atoms. The molecule has 1 fully saturated rings. The van der Waals surface area contributed by atoms with E-state index in [0.717, 1.165) is 50.7 Å². The summed E-state index contributed by atoms with van der Waals surface area (Å²) in [7, 11) is 0. The van der Waals surface area contributed by atoms with Gasteiger partial charge < -0.3 is 15.4 Å². The van der Waals surface area contributed by atoms with Gasteiger partial charge in [0.25, 0.3) is 0 Å². The van der Waals surface area contributed by atoms with E-state index in [4.69, 9.17) is 9.73 Å². The van der Waals surface area contributed by atoms with Crippen LogP contribution < -0.4 is 10.6 Å². The van der Waals surface area contributed by atoms with Gasteiger partial charge in [-0.05, 0) is 49.3 Å². The Hall–Kier alpha value is -2.34. The average Bonchev–Trinajstić information content (AvgIpc) is 3.21. The number of rotatable bonds is 7. The SMILES string of the molecule is CCNC(=NCC1CCCOC1C(C)(C)C)NCCc1cnn(-c2ccccc2)c1. The third-order valence-corrected chi connectivity index (χ3v) is 5.49. The van der Waals surface area contributed by atoms with E-state index >= 15 is 0 Å². The Morgan fingerprint density at radius 3 is 2.77 bits per heavy atom. The summed E-state index contributed by atoms with van der Waals surface area (Å²) < 4.78 is 8.03. The lowest BCUT2D eigenvalue weighted by Crippen LogP contribution is -2.43. The highest BCUT2D eigenvalue weighted by Crippen LogP contribution is 2.34. The van der Waals surface area contributed by atoms with Gasteiger partial charge in [-0.2, -0.15) is 5.10 Å². The van der Waals surface area contributed by atoms with Gasteiger partial charge in [0, 0.05) is 38.4 Å². The zero-order valence-corrected chi connectivity index (χ0v) is 18.9. The molecule has 2 unspecified atom stereocenters. The normalized spacial score (nSPS) is 20.2. The van der Waals surface area contributed by atoms with Crippen molar-refractivity contribution in [2.45, 2.75) is 53.1 Å². The summed E-state index contributed by atoms with van der Waals surface area (Å²) in [6, 6.07) is 10.2. The highest BCUT2D eigenvalue weighted by Gasteiger charge is 2.35. The predicted octanol–water partition coefficient (Wildman–Crippen LogP) is 3.81. The second-order valence-electron chi connectivity index (χ2n) is 9.08. The van der Waals surface area contributed by atoms with Crippen LogP contribution in [0.2, 0.25) is 0 Å². The lowest BCUT2D eigenvalue weighted by atomic mass is 9.78. The van der Waals surface area contributed by atoms with E-state index in [2.05, 4.69) is 61.8 Å². The van der Waals surface area contributed by atoms with Crippen molar-refractivity contribution >= 4 is 5.96 Å². The second-order valence-corrected chi connectivity index (χ2v) is 9.08. The number of ether oxygens (including phenoxy) is 1. The maximum Gasteiger partial charge on any atom is 0.191 e. The van der Waals surface area contributed by atoms with Crippen LogP contribution in [0.3, 0.4) is 0 Å². The van der Waals surface area contributed by atoms with Gasteiger partial charge >= 0.3 is 0 Å². The topological polar surface area (TPSA) is 63.5 Å². The quantitative estimate of drug-likeness (QED) is 0.537. The molecule has 0 amide bonds. The number of hydrogen-bond acceptors (Lipinski definition) is 3. The van der Waals surface area contributed by atoms with Gasteiger partial charge in [-0.25, -0.2) is 4.68 Å². The van der Waals surface area contributed by atoms with E-state index < -0.39 is 0 Å². The lowest BCUT2D eigenvalue weighted by Gasteiger charge is -2.39. The Kier molecular flexibility index (Phi) is 7.91. The van der Waals surface area contributed by atoms with Crippen LogP contribution in [0.15, 0.2) is 47.7 Å².